The van der Waals surface area contributed by atoms with Crippen LogP contribution in [0.5, 0.6) is 0 Å². The fourth-order valence-corrected chi connectivity index (χ4v) is 2.60. The molecule has 20 heavy (non-hydrogen) atoms. The number of nitrogens with two attached hydrogens (primary N) is 1. The summed E-state index contributed by atoms with van der Waals surface area (Å²) in [5.74, 6) is 0. The molecule has 4 heteroatoms. The zero-order chi connectivity index (χ0) is 14.7. The van der Waals surface area contributed by atoms with Crippen LogP contribution in [0.3, 0.4) is 0 Å². The molecule has 0 unspecified atom stereocenters. The third kappa shape index (κ3) is 3.58. The van der Waals surface area contributed by atoms with Gasteiger partial charge in [0.15, 0.2) is 0 Å². The van der Waals surface area contributed by atoms with Gasteiger partial charge in [0.05, 0.1) is 0 Å². The predicted octanol–water partition coefficient (Wildman–Crippen LogP) is 4.03. The Morgan fingerprint density at radius 1 is 1.20 bits per heavy atom. The van der Waals surface area contributed by atoms with Gasteiger partial charge in [-0.1, -0.05) is 58.0 Å². The average molecular weight is 349 g/mol. The summed E-state index contributed by atoms with van der Waals surface area (Å²) >= 11 is 8.63. The molecule has 0 aliphatic heterocycles. The second-order valence-corrected chi connectivity index (χ2v) is 6.22. The molecule has 0 spiro atoms. The van der Waals surface area contributed by atoms with Gasteiger partial charge in [0.25, 0.3) is 0 Å². The number of aryl methyl sites for hydroxylation is 1. The largest absolute Gasteiger partial charge is 0.389 e. The van der Waals surface area contributed by atoms with Gasteiger partial charge >= 0.3 is 0 Å². The van der Waals surface area contributed by atoms with Crippen molar-refractivity contribution in [2.24, 2.45) is 5.73 Å². The first-order valence-corrected chi connectivity index (χ1v) is 7.53. The van der Waals surface area contributed by atoms with E-state index in [0.29, 0.717) is 4.99 Å². The first-order valence-electron chi connectivity index (χ1n) is 6.33. The Balaban J connectivity index is 2.28. The average Bonchev–Trinajstić information content (AvgIpc) is 2.41. The van der Waals surface area contributed by atoms with Gasteiger partial charge < -0.3 is 10.6 Å². The fraction of sp³-hybridized carbons (Fsp3) is 0.188. The van der Waals surface area contributed by atoms with Crippen LogP contribution in [0.15, 0.2) is 46.9 Å². The Hall–Kier alpha value is -1.39. The van der Waals surface area contributed by atoms with E-state index in [4.69, 9.17) is 18.0 Å². The van der Waals surface area contributed by atoms with E-state index < -0.39 is 0 Å². The molecule has 2 aromatic carbocycles. The van der Waals surface area contributed by atoms with E-state index in [2.05, 4.69) is 52.0 Å². The number of hydrogen-bond acceptors (Lipinski definition) is 2. The number of nitrogens with zero attached hydrogens (tertiary/aromatic N) is 1. The fourth-order valence-electron chi connectivity index (χ4n) is 2.08. The highest BCUT2D eigenvalue weighted by Gasteiger charge is 2.10. The molecule has 0 aliphatic rings. The molecule has 0 saturated carbocycles. The Bertz CT molecular complexity index is 623. The van der Waals surface area contributed by atoms with E-state index in [9.17, 15) is 0 Å². The molecule has 0 radical (unpaired) electrons. The van der Waals surface area contributed by atoms with Crippen molar-refractivity contribution in [1.82, 2.24) is 0 Å². The third-order valence-electron chi connectivity index (χ3n) is 3.18. The number of benzene rings is 2. The van der Waals surface area contributed by atoms with E-state index in [-0.39, 0.29) is 0 Å². The summed E-state index contributed by atoms with van der Waals surface area (Å²) in [5.41, 5.74) is 10.3. The van der Waals surface area contributed by atoms with E-state index >= 15 is 0 Å². The SMILES string of the molecule is Cc1ccc(CN(C)c2cc(Br)ccc2C(N)=S)cc1. The first kappa shape index (κ1) is 15.0. The van der Waals surface area contributed by atoms with Gasteiger partial charge in [0.1, 0.15) is 4.99 Å². The van der Waals surface area contributed by atoms with Gasteiger partial charge in [-0.2, -0.15) is 0 Å². The molecule has 0 atom stereocenters. The zero-order valence-electron chi connectivity index (χ0n) is 11.6. The topological polar surface area (TPSA) is 29.3 Å². The molecular formula is C16H17BrN2S. The Morgan fingerprint density at radius 2 is 1.85 bits per heavy atom. The maximum Gasteiger partial charge on any atom is 0.106 e. The molecule has 2 aromatic rings. The van der Waals surface area contributed by atoms with Gasteiger partial charge in [-0.3, -0.25) is 0 Å². The number of anilines is 1. The minimum Gasteiger partial charge on any atom is -0.389 e. The molecule has 2 rings (SSSR count). The molecule has 0 aliphatic carbocycles. The lowest BCUT2D eigenvalue weighted by molar-refractivity contribution is 0.920. The molecule has 0 heterocycles. The highest BCUT2D eigenvalue weighted by molar-refractivity contribution is 9.10. The zero-order valence-corrected chi connectivity index (χ0v) is 14.0. The minimum absolute atomic E-state index is 0.420. The summed E-state index contributed by atoms with van der Waals surface area (Å²) in [7, 11) is 2.05. The Kier molecular flexibility index (Phi) is 4.78. The number of hydrogen-bond donors (Lipinski definition) is 1. The van der Waals surface area contributed by atoms with Crippen molar-refractivity contribution < 1.29 is 0 Å². The van der Waals surface area contributed by atoms with Gasteiger partial charge in [0.2, 0.25) is 0 Å². The molecule has 0 aromatic heterocycles. The Labute approximate surface area is 133 Å². The van der Waals surface area contributed by atoms with Crippen LogP contribution < -0.4 is 10.6 Å². The van der Waals surface area contributed by atoms with Crippen LogP contribution in [0.1, 0.15) is 16.7 Å². The van der Waals surface area contributed by atoms with E-state index in [1.165, 1.54) is 11.1 Å². The van der Waals surface area contributed by atoms with Crippen LogP contribution in [0.25, 0.3) is 0 Å². The summed E-state index contributed by atoms with van der Waals surface area (Å²) in [6.45, 7) is 2.90. The molecule has 0 bridgehead atoms. The standard InChI is InChI=1S/C16H17BrN2S/c1-11-3-5-12(6-4-11)10-19(2)15-9-13(17)7-8-14(15)16(18)20/h3-9H,10H2,1-2H3,(H2,18,20). The van der Waals surface area contributed by atoms with E-state index in [0.717, 1.165) is 22.3 Å². The van der Waals surface area contributed by atoms with Crippen LogP contribution in [0.4, 0.5) is 5.69 Å². The van der Waals surface area contributed by atoms with Gasteiger partial charge in [-0.05, 0) is 30.7 Å². The number of thiocarbonyl (C=S) groups is 1. The van der Waals surface area contributed by atoms with E-state index in [1.54, 1.807) is 0 Å². The van der Waals surface area contributed by atoms with Crippen molar-refractivity contribution in [2.75, 3.05) is 11.9 Å². The van der Waals surface area contributed by atoms with Crippen LogP contribution in [-0.2, 0) is 6.54 Å². The highest BCUT2D eigenvalue weighted by atomic mass is 79.9. The smallest absolute Gasteiger partial charge is 0.106 e. The van der Waals surface area contributed by atoms with E-state index in [1.807, 2.05) is 25.2 Å². The lowest BCUT2D eigenvalue weighted by atomic mass is 10.1. The van der Waals surface area contributed by atoms with Crippen molar-refractivity contribution in [1.29, 1.82) is 0 Å². The summed E-state index contributed by atoms with van der Waals surface area (Å²) in [6.07, 6.45) is 0. The number of halogens is 1. The Morgan fingerprint density at radius 3 is 2.45 bits per heavy atom. The molecule has 0 fully saturated rings. The predicted molar refractivity (Wildman–Crippen MR) is 93.3 cm³/mol. The third-order valence-corrected chi connectivity index (χ3v) is 3.89. The van der Waals surface area contributed by atoms with Crippen molar-refractivity contribution in [3.8, 4) is 0 Å². The lowest BCUT2D eigenvalue weighted by Crippen LogP contribution is -2.21. The van der Waals surface area contributed by atoms with Gasteiger partial charge in [-0.15, -0.1) is 0 Å². The second kappa shape index (κ2) is 6.37. The van der Waals surface area contributed by atoms with Crippen molar-refractivity contribution >= 4 is 38.8 Å². The molecule has 104 valence electrons. The maximum absolute atomic E-state index is 5.81. The van der Waals surface area contributed by atoms with Crippen molar-refractivity contribution in [3.05, 3.63) is 63.6 Å². The van der Waals surface area contributed by atoms with Crippen LogP contribution in [-0.4, -0.2) is 12.0 Å². The molecular weight excluding hydrogens is 332 g/mol. The summed E-state index contributed by atoms with van der Waals surface area (Å²) in [5, 5.41) is 0. The molecule has 0 saturated heterocycles. The maximum atomic E-state index is 5.81. The van der Waals surface area contributed by atoms with Crippen molar-refractivity contribution in [2.45, 2.75) is 13.5 Å². The molecule has 2 nitrogen and oxygen atoms in total. The monoisotopic (exact) mass is 348 g/mol. The minimum atomic E-state index is 0.420. The normalized spacial score (nSPS) is 10.3. The summed E-state index contributed by atoms with van der Waals surface area (Å²) in [4.78, 5) is 2.58. The van der Waals surface area contributed by atoms with Crippen molar-refractivity contribution in [3.63, 3.8) is 0 Å². The summed E-state index contributed by atoms with van der Waals surface area (Å²) in [6, 6.07) is 14.5. The second-order valence-electron chi connectivity index (χ2n) is 4.87. The summed E-state index contributed by atoms with van der Waals surface area (Å²) < 4.78 is 1.02. The highest BCUT2D eigenvalue weighted by Crippen LogP contribution is 2.25. The number of rotatable bonds is 4. The quantitative estimate of drug-likeness (QED) is 0.845. The lowest BCUT2D eigenvalue weighted by Gasteiger charge is -2.22. The van der Waals surface area contributed by atoms with Crippen LogP contribution in [0, 0.1) is 6.92 Å². The van der Waals surface area contributed by atoms with Crippen LogP contribution >= 0.6 is 28.1 Å². The molecule has 0 amide bonds. The first-order chi connectivity index (χ1) is 9.47. The van der Waals surface area contributed by atoms with Crippen LogP contribution in [0.2, 0.25) is 0 Å². The van der Waals surface area contributed by atoms with Gasteiger partial charge in [-0.25, -0.2) is 0 Å². The van der Waals surface area contributed by atoms with Gasteiger partial charge in [0, 0.05) is 29.3 Å². The molecule has 2 N–H and O–H groups in total.